The average Bonchev–Trinajstić information content (AvgIpc) is 2.87. The van der Waals surface area contributed by atoms with Crippen molar-refractivity contribution < 1.29 is 4.79 Å². The Kier molecular flexibility index (Phi) is 6.04. The zero-order valence-electron chi connectivity index (χ0n) is 13.7. The molecule has 1 aliphatic rings. The summed E-state index contributed by atoms with van der Waals surface area (Å²) in [6, 6.07) is 7.49. The van der Waals surface area contributed by atoms with Crippen LogP contribution in [0.2, 0.25) is 0 Å². The Morgan fingerprint density at radius 1 is 1.12 bits per heavy atom. The van der Waals surface area contributed by atoms with Crippen LogP contribution in [0.1, 0.15) is 36.0 Å². The maximum Gasteiger partial charge on any atom is 0.251 e. The summed E-state index contributed by atoms with van der Waals surface area (Å²) in [4.78, 5) is 14.7. The van der Waals surface area contributed by atoms with E-state index in [0.717, 1.165) is 29.8 Å². The third kappa shape index (κ3) is 4.68. The number of carbonyl (C=O) groups excluding carboxylic acids is 1. The molecule has 0 radical (unpaired) electrons. The first-order chi connectivity index (χ1) is 11.7. The van der Waals surface area contributed by atoms with E-state index in [0.29, 0.717) is 12.1 Å². The third-order valence-electron chi connectivity index (χ3n) is 4.36. The molecule has 0 spiro atoms. The molecule has 0 unspecified atom stereocenters. The number of hydrogen-bond donors (Lipinski definition) is 1. The highest BCUT2D eigenvalue weighted by Crippen LogP contribution is 2.13. The van der Waals surface area contributed by atoms with Crippen LogP contribution in [0, 0.1) is 0 Å². The number of rotatable bonds is 5. The second-order valence-electron chi connectivity index (χ2n) is 6.16. The Labute approximate surface area is 151 Å². The topological polar surface area (TPSA) is 50.2 Å². The molecule has 1 saturated heterocycles. The number of hydrogen-bond acceptors (Lipinski definition) is 3. The Balaban J connectivity index is 1.49. The van der Waals surface area contributed by atoms with Gasteiger partial charge in [0.1, 0.15) is 0 Å². The summed E-state index contributed by atoms with van der Waals surface area (Å²) in [5.41, 5.74) is 1.61. The van der Waals surface area contributed by atoms with E-state index in [1.165, 1.54) is 25.7 Å². The maximum absolute atomic E-state index is 12.2. The molecule has 1 N–H and O–H groups in total. The van der Waals surface area contributed by atoms with E-state index in [4.69, 9.17) is 0 Å². The fourth-order valence-corrected chi connectivity index (χ4v) is 3.28. The summed E-state index contributed by atoms with van der Waals surface area (Å²) in [6.45, 7) is 3.95. The lowest BCUT2D eigenvalue weighted by Crippen LogP contribution is -2.35. The molecule has 5 nitrogen and oxygen atoms in total. The van der Waals surface area contributed by atoms with Gasteiger partial charge in [-0.3, -0.25) is 4.79 Å². The molecule has 3 rings (SSSR count). The van der Waals surface area contributed by atoms with Gasteiger partial charge < -0.3 is 10.2 Å². The molecule has 2 heterocycles. The zero-order valence-corrected chi connectivity index (χ0v) is 15.3. The molecule has 6 heteroatoms. The zero-order chi connectivity index (χ0) is 16.8. The number of carbonyl (C=O) groups is 1. The largest absolute Gasteiger partial charge is 0.351 e. The van der Waals surface area contributed by atoms with Crippen LogP contribution in [0.3, 0.4) is 0 Å². The predicted molar refractivity (Wildman–Crippen MR) is 98.5 cm³/mol. The van der Waals surface area contributed by atoms with E-state index in [1.54, 1.807) is 10.9 Å². The first-order valence-corrected chi connectivity index (χ1v) is 9.33. The first-order valence-electron chi connectivity index (χ1n) is 8.53. The fourth-order valence-electron chi connectivity index (χ4n) is 3.00. The first kappa shape index (κ1) is 17.2. The van der Waals surface area contributed by atoms with Crippen molar-refractivity contribution in [3.63, 3.8) is 0 Å². The van der Waals surface area contributed by atoms with Gasteiger partial charge >= 0.3 is 0 Å². The van der Waals surface area contributed by atoms with Gasteiger partial charge in [0.25, 0.3) is 5.91 Å². The summed E-state index contributed by atoms with van der Waals surface area (Å²) in [6.07, 6.45) is 8.85. The van der Waals surface area contributed by atoms with E-state index in [1.807, 2.05) is 30.5 Å². The standard InChI is InChI=1S/C18H23BrN4O/c19-16-13-21-23(14-16)17-7-5-15(6-8-17)18(24)20-9-12-22-10-3-1-2-4-11-22/h5-8,13-14H,1-4,9-12H2,(H,20,24). The van der Waals surface area contributed by atoms with Crippen LogP contribution in [0.15, 0.2) is 41.1 Å². The molecule has 1 fully saturated rings. The number of amides is 1. The van der Waals surface area contributed by atoms with Gasteiger partial charge in [0, 0.05) is 24.8 Å². The van der Waals surface area contributed by atoms with Crippen molar-refractivity contribution in [2.45, 2.75) is 25.7 Å². The van der Waals surface area contributed by atoms with Gasteiger partial charge in [-0.1, -0.05) is 12.8 Å². The van der Waals surface area contributed by atoms with Crippen LogP contribution >= 0.6 is 15.9 Å². The van der Waals surface area contributed by atoms with E-state index in [-0.39, 0.29) is 5.91 Å². The molecule has 24 heavy (non-hydrogen) atoms. The van der Waals surface area contributed by atoms with Gasteiger partial charge in [-0.25, -0.2) is 4.68 Å². The van der Waals surface area contributed by atoms with Gasteiger partial charge in [-0.05, 0) is 66.1 Å². The second-order valence-corrected chi connectivity index (χ2v) is 7.08. The molecule has 128 valence electrons. The molecular weight excluding hydrogens is 368 g/mol. The minimum absolute atomic E-state index is 0.0157. The van der Waals surface area contributed by atoms with E-state index in [9.17, 15) is 4.79 Å². The number of nitrogens with one attached hydrogen (secondary N) is 1. The quantitative estimate of drug-likeness (QED) is 0.852. The molecule has 1 aliphatic heterocycles. The van der Waals surface area contributed by atoms with Crippen LogP contribution in [0.4, 0.5) is 0 Å². The number of benzene rings is 1. The van der Waals surface area contributed by atoms with Crippen molar-refractivity contribution in [2.75, 3.05) is 26.2 Å². The smallest absolute Gasteiger partial charge is 0.251 e. The highest BCUT2D eigenvalue weighted by atomic mass is 79.9. The maximum atomic E-state index is 12.2. The van der Waals surface area contributed by atoms with Gasteiger partial charge in [0.15, 0.2) is 0 Å². The number of nitrogens with zero attached hydrogens (tertiary/aromatic N) is 3. The summed E-state index contributed by atoms with van der Waals surface area (Å²) >= 11 is 3.38. The number of aromatic nitrogens is 2. The van der Waals surface area contributed by atoms with Crippen LogP contribution in [-0.2, 0) is 0 Å². The van der Waals surface area contributed by atoms with Crippen LogP contribution in [0.25, 0.3) is 5.69 Å². The molecule has 0 saturated carbocycles. The van der Waals surface area contributed by atoms with Crippen LogP contribution in [-0.4, -0.2) is 46.8 Å². The van der Waals surface area contributed by atoms with Gasteiger partial charge in [-0.2, -0.15) is 5.10 Å². The summed E-state index contributed by atoms with van der Waals surface area (Å²) in [7, 11) is 0. The molecule has 0 bridgehead atoms. The van der Waals surface area contributed by atoms with Crippen LogP contribution in [0.5, 0.6) is 0 Å². The summed E-state index contributed by atoms with van der Waals surface area (Å²) in [5.74, 6) is -0.0157. The highest BCUT2D eigenvalue weighted by Gasteiger charge is 2.10. The van der Waals surface area contributed by atoms with Crippen molar-refractivity contribution in [3.05, 3.63) is 46.7 Å². The second kappa shape index (κ2) is 8.44. The van der Waals surface area contributed by atoms with Crippen molar-refractivity contribution in [1.29, 1.82) is 0 Å². The molecular formula is C18H23BrN4O. The Hall–Kier alpha value is -1.66. The molecule has 1 amide bonds. The van der Waals surface area contributed by atoms with Crippen molar-refractivity contribution >= 4 is 21.8 Å². The minimum Gasteiger partial charge on any atom is -0.351 e. The van der Waals surface area contributed by atoms with E-state index in [2.05, 4.69) is 31.2 Å². The van der Waals surface area contributed by atoms with E-state index >= 15 is 0 Å². The lowest BCUT2D eigenvalue weighted by Gasteiger charge is -2.19. The van der Waals surface area contributed by atoms with Crippen LogP contribution < -0.4 is 5.32 Å². The third-order valence-corrected chi connectivity index (χ3v) is 4.77. The monoisotopic (exact) mass is 390 g/mol. The Morgan fingerprint density at radius 2 is 1.83 bits per heavy atom. The van der Waals surface area contributed by atoms with Crippen molar-refractivity contribution in [3.8, 4) is 5.69 Å². The number of likely N-dealkylation sites (tertiary alicyclic amines) is 1. The van der Waals surface area contributed by atoms with Gasteiger partial charge in [0.2, 0.25) is 0 Å². The van der Waals surface area contributed by atoms with Crippen molar-refractivity contribution in [2.24, 2.45) is 0 Å². The minimum atomic E-state index is -0.0157. The molecule has 0 atom stereocenters. The predicted octanol–water partition coefficient (Wildman–Crippen LogP) is 3.24. The average molecular weight is 391 g/mol. The lowest BCUT2D eigenvalue weighted by atomic mass is 10.2. The molecule has 2 aromatic rings. The normalized spacial score (nSPS) is 15.9. The summed E-state index contributed by atoms with van der Waals surface area (Å²) < 4.78 is 2.70. The van der Waals surface area contributed by atoms with Gasteiger partial charge in [-0.15, -0.1) is 0 Å². The highest BCUT2D eigenvalue weighted by molar-refractivity contribution is 9.10. The molecule has 1 aromatic carbocycles. The van der Waals surface area contributed by atoms with Gasteiger partial charge in [0.05, 0.1) is 16.4 Å². The Bertz CT molecular complexity index is 660. The summed E-state index contributed by atoms with van der Waals surface area (Å²) in [5, 5.41) is 7.25. The SMILES string of the molecule is O=C(NCCN1CCCCCC1)c1ccc(-n2cc(Br)cn2)cc1. The van der Waals surface area contributed by atoms with Crippen molar-refractivity contribution in [1.82, 2.24) is 20.0 Å². The molecule has 1 aromatic heterocycles. The van der Waals surface area contributed by atoms with E-state index < -0.39 is 0 Å². The fraction of sp³-hybridized carbons (Fsp3) is 0.444. The molecule has 0 aliphatic carbocycles. The number of halogens is 1. The lowest BCUT2D eigenvalue weighted by molar-refractivity contribution is 0.0948. The Morgan fingerprint density at radius 3 is 2.46 bits per heavy atom.